The summed E-state index contributed by atoms with van der Waals surface area (Å²) in [6.45, 7) is 0.519. The lowest BCUT2D eigenvalue weighted by molar-refractivity contribution is 0.102. The Morgan fingerprint density at radius 3 is 2.68 bits per heavy atom. The van der Waals surface area contributed by atoms with E-state index >= 15 is 0 Å². The van der Waals surface area contributed by atoms with Gasteiger partial charge < -0.3 is 10.6 Å². The number of amides is 1. The number of nitrogens with one attached hydrogen (secondary N) is 2. The second kappa shape index (κ2) is 7.66. The first-order chi connectivity index (χ1) is 12.3. The standard InChI is InChI=1S/C18H14N6O/c19-11-14-3-1-2-4-15(14)23-17(25)16-7-10-21-18(24-16)22-12-13-5-8-20-9-6-13/h1-10H,12H2,(H,23,25)(H,21,22,24). The molecule has 2 aromatic heterocycles. The minimum atomic E-state index is -0.405. The van der Waals surface area contributed by atoms with E-state index in [1.54, 1.807) is 36.7 Å². The van der Waals surface area contributed by atoms with Crippen LogP contribution in [0.1, 0.15) is 21.6 Å². The van der Waals surface area contributed by atoms with E-state index in [9.17, 15) is 4.79 Å². The van der Waals surface area contributed by atoms with Crippen LogP contribution in [0.15, 0.2) is 61.1 Å². The van der Waals surface area contributed by atoms with E-state index in [1.807, 2.05) is 18.2 Å². The number of nitriles is 1. The lowest BCUT2D eigenvalue weighted by Gasteiger charge is -2.08. The Hall–Kier alpha value is -3.79. The van der Waals surface area contributed by atoms with E-state index in [0.717, 1.165) is 5.56 Å². The molecule has 3 aromatic rings. The fourth-order valence-corrected chi connectivity index (χ4v) is 2.13. The van der Waals surface area contributed by atoms with Crippen LogP contribution in [0.2, 0.25) is 0 Å². The maximum atomic E-state index is 12.4. The molecule has 2 heterocycles. The van der Waals surface area contributed by atoms with Gasteiger partial charge in [0.25, 0.3) is 5.91 Å². The molecule has 0 spiro atoms. The molecule has 0 radical (unpaired) electrons. The van der Waals surface area contributed by atoms with Gasteiger partial charge in [-0.25, -0.2) is 9.97 Å². The Kier molecular flexibility index (Phi) is 4.93. The third kappa shape index (κ3) is 4.14. The van der Waals surface area contributed by atoms with Crippen molar-refractivity contribution in [2.75, 3.05) is 10.6 Å². The molecule has 0 fully saturated rings. The molecule has 0 unspecified atom stereocenters. The summed E-state index contributed by atoms with van der Waals surface area (Å²) in [5.74, 6) is -0.0601. The van der Waals surface area contributed by atoms with Gasteiger partial charge in [0.1, 0.15) is 11.8 Å². The molecule has 0 atom stereocenters. The van der Waals surface area contributed by atoms with E-state index in [4.69, 9.17) is 5.26 Å². The average Bonchev–Trinajstić information content (AvgIpc) is 2.68. The van der Waals surface area contributed by atoms with Gasteiger partial charge in [0.05, 0.1) is 11.3 Å². The van der Waals surface area contributed by atoms with E-state index < -0.39 is 5.91 Å². The smallest absolute Gasteiger partial charge is 0.274 e. The number of para-hydroxylation sites is 1. The van der Waals surface area contributed by atoms with Crippen LogP contribution in [0.25, 0.3) is 0 Å². The minimum absolute atomic E-state index is 0.208. The fraction of sp³-hybridized carbons (Fsp3) is 0.0556. The number of anilines is 2. The van der Waals surface area contributed by atoms with Crippen molar-refractivity contribution in [2.24, 2.45) is 0 Å². The lowest BCUT2D eigenvalue weighted by Crippen LogP contribution is -2.16. The normalized spacial score (nSPS) is 9.88. The SMILES string of the molecule is N#Cc1ccccc1NC(=O)c1ccnc(NCc2ccncc2)n1. The summed E-state index contributed by atoms with van der Waals surface area (Å²) >= 11 is 0. The topological polar surface area (TPSA) is 104 Å². The maximum Gasteiger partial charge on any atom is 0.274 e. The highest BCUT2D eigenvalue weighted by atomic mass is 16.1. The first-order valence-electron chi connectivity index (χ1n) is 7.52. The van der Waals surface area contributed by atoms with Crippen LogP contribution in [0.3, 0.4) is 0 Å². The molecule has 7 heteroatoms. The van der Waals surface area contributed by atoms with Gasteiger partial charge in [-0.3, -0.25) is 9.78 Å². The molecule has 1 amide bonds. The first kappa shape index (κ1) is 16.1. The van der Waals surface area contributed by atoms with Crippen molar-refractivity contribution in [3.8, 4) is 6.07 Å². The molecular formula is C18H14N6O. The van der Waals surface area contributed by atoms with Crippen molar-refractivity contribution in [1.82, 2.24) is 15.0 Å². The molecule has 2 N–H and O–H groups in total. The van der Waals surface area contributed by atoms with Gasteiger partial charge in [0.2, 0.25) is 5.95 Å². The molecule has 7 nitrogen and oxygen atoms in total. The van der Waals surface area contributed by atoms with E-state index in [-0.39, 0.29) is 5.69 Å². The Balaban J connectivity index is 1.70. The molecule has 0 aliphatic carbocycles. The molecule has 3 rings (SSSR count). The van der Waals surface area contributed by atoms with Crippen LogP contribution in [0.4, 0.5) is 11.6 Å². The van der Waals surface area contributed by atoms with Crippen LogP contribution in [-0.2, 0) is 6.54 Å². The summed E-state index contributed by atoms with van der Waals surface area (Å²) in [7, 11) is 0. The summed E-state index contributed by atoms with van der Waals surface area (Å²) in [6.07, 6.45) is 4.91. The number of carbonyl (C=O) groups is 1. The van der Waals surface area contributed by atoms with Crippen molar-refractivity contribution in [3.63, 3.8) is 0 Å². The van der Waals surface area contributed by atoms with Crippen LogP contribution >= 0.6 is 0 Å². The van der Waals surface area contributed by atoms with Gasteiger partial charge in [-0.05, 0) is 35.9 Å². The number of aromatic nitrogens is 3. The largest absolute Gasteiger partial charge is 0.350 e. The predicted molar refractivity (Wildman–Crippen MR) is 92.7 cm³/mol. The van der Waals surface area contributed by atoms with Crippen LogP contribution in [-0.4, -0.2) is 20.9 Å². The Labute approximate surface area is 144 Å². The summed E-state index contributed by atoms with van der Waals surface area (Å²) < 4.78 is 0. The molecule has 1 aromatic carbocycles. The van der Waals surface area contributed by atoms with Gasteiger partial charge in [-0.1, -0.05) is 12.1 Å². The molecule has 0 bridgehead atoms. The Morgan fingerprint density at radius 2 is 1.88 bits per heavy atom. The zero-order chi connectivity index (χ0) is 17.5. The van der Waals surface area contributed by atoms with Crippen molar-refractivity contribution >= 4 is 17.5 Å². The predicted octanol–water partition coefficient (Wildman–Crippen LogP) is 2.61. The highest BCUT2D eigenvalue weighted by molar-refractivity contribution is 6.03. The third-order valence-corrected chi connectivity index (χ3v) is 3.38. The summed E-state index contributed by atoms with van der Waals surface area (Å²) in [4.78, 5) is 24.6. The van der Waals surface area contributed by atoms with E-state index in [0.29, 0.717) is 23.7 Å². The molecule has 0 aliphatic rings. The van der Waals surface area contributed by atoms with Crippen molar-refractivity contribution in [3.05, 3.63) is 77.9 Å². The highest BCUT2D eigenvalue weighted by Gasteiger charge is 2.11. The van der Waals surface area contributed by atoms with Crippen molar-refractivity contribution < 1.29 is 4.79 Å². The molecule has 0 saturated heterocycles. The molecule has 122 valence electrons. The summed E-state index contributed by atoms with van der Waals surface area (Å²) in [5.41, 5.74) is 2.07. The molecule has 0 saturated carbocycles. The van der Waals surface area contributed by atoms with E-state index in [1.165, 1.54) is 12.3 Å². The number of nitrogens with zero attached hydrogens (tertiary/aromatic N) is 4. The van der Waals surface area contributed by atoms with Crippen LogP contribution in [0, 0.1) is 11.3 Å². The van der Waals surface area contributed by atoms with Gasteiger partial charge in [-0.15, -0.1) is 0 Å². The third-order valence-electron chi connectivity index (χ3n) is 3.38. The zero-order valence-electron chi connectivity index (χ0n) is 13.2. The lowest BCUT2D eigenvalue weighted by atomic mass is 10.2. The summed E-state index contributed by atoms with van der Waals surface area (Å²) in [6, 6.07) is 14.1. The Bertz CT molecular complexity index is 920. The first-order valence-corrected chi connectivity index (χ1v) is 7.52. The second-order valence-corrected chi connectivity index (χ2v) is 5.09. The number of carbonyl (C=O) groups excluding carboxylic acids is 1. The monoisotopic (exact) mass is 330 g/mol. The number of pyridine rings is 1. The molecule has 25 heavy (non-hydrogen) atoms. The highest BCUT2D eigenvalue weighted by Crippen LogP contribution is 2.15. The number of hydrogen-bond donors (Lipinski definition) is 2. The molecular weight excluding hydrogens is 316 g/mol. The number of benzene rings is 1. The van der Waals surface area contributed by atoms with Gasteiger partial charge >= 0.3 is 0 Å². The number of hydrogen-bond acceptors (Lipinski definition) is 6. The maximum absolute atomic E-state index is 12.4. The number of rotatable bonds is 5. The van der Waals surface area contributed by atoms with E-state index in [2.05, 4.69) is 25.6 Å². The van der Waals surface area contributed by atoms with Crippen molar-refractivity contribution in [2.45, 2.75) is 6.54 Å². The van der Waals surface area contributed by atoms with Gasteiger partial charge in [-0.2, -0.15) is 5.26 Å². The quantitative estimate of drug-likeness (QED) is 0.745. The van der Waals surface area contributed by atoms with Gasteiger partial charge in [0, 0.05) is 25.1 Å². The van der Waals surface area contributed by atoms with Gasteiger partial charge in [0.15, 0.2) is 0 Å². The zero-order valence-corrected chi connectivity index (χ0v) is 13.2. The van der Waals surface area contributed by atoms with Crippen LogP contribution < -0.4 is 10.6 Å². The average molecular weight is 330 g/mol. The van der Waals surface area contributed by atoms with Crippen LogP contribution in [0.5, 0.6) is 0 Å². The minimum Gasteiger partial charge on any atom is -0.350 e. The summed E-state index contributed by atoms with van der Waals surface area (Å²) in [5, 5.41) is 14.8. The Morgan fingerprint density at radius 1 is 1.08 bits per heavy atom. The fourth-order valence-electron chi connectivity index (χ4n) is 2.13. The second-order valence-electron chi connectivity index (χ2n) is 5.09. The van der Waals surface area contributed by atoms with Crippen molar-refractivity contribution in [1.29, 1.82) is 5.26 Å². The molecule has 0 aliphatic heterocycles.